The molecule has 1 amide bonds. The molecule has 0 unspecified atom stereocenters. The number of benzene rings is 2. The van der Waals surface area contributed by atoms with Crippen molar-refractivity contribution in [2.45, 2.75) is 31.6 Å². The first-order valence-corrected chi connectivity index (χ1v) is 10.4. The number of nitrogens with zero attached hydrogens (tertiary/aromatic N) is 1. The molecule has 2 aromatic rings. The van der Waals surface area contributed by atoms with Crippen molar-refractivity contribution in [1.82, 2.24) is 4.31 Å². The van der Waals surface area contributed by atoms with Crippen LogP contribution >= 0.6 is 0 Å². The van der Waals surface area contributed by atoms with Crippen LogP contribution in [0.1, 0.15) is 24.0 Å². The third kappa shape index (κ3) is 4.67. The van der Waals surface area contributed by atoms with Gasteiger partial charge in [-0.2, -0.15) is 4.31 Å². The number of hydrogen-bond acceptors (Lipinski definition) is 4. The van der Waals surface area contributed by atoms with Gasteiger partial charge in [0.25, 0.3) is 5.91 Å². The van der Waals surface area contributed by atoms with Gasteiger partial charge in [0.1, 0.15) is 5.75 Å². The largest absolute Gasteiger partial charge is 0.483 e. The van der Waals surface area contributed by atoms with Gasteiger partial charge in [0.15, 0.2) is 6.61 Å². The minimum absolute atomic E-state index is 0.145. The third-order valence-corrected chi connectivity index (χ3v) is 6.42. The van der Waals surface area contributed by atoms with Crippen molar-refractivity contribution in [3.63, 3.8) is 0 Å². The van der Waals surface area contributed by atoms with Crippen LogP contribution in [0.3, 0.4) is 0 Å². The predicted octanol–water partition coefficient (Wildman–Crippen LogP) is 3.11. The number of nitrogens with one attached hydrogen (secondary N) is 1. The number of sulfonamides is 1. The van der Waals surface area contributed by atoms with Crippen LogP contribution in [0.5, 0.6) is 5.75 Å². The molecule has 27 heavy (non-hydrogen) atoms. The van der Waals surface area contributed by atoms with Crippen molar-refractivity contribution < 1.29 is 17.9 Å². The molecule has 1 heterocycles. The lowest BCUT2D eigenvalue weighted by Gasteiger charge is -2.16. The number of anilines is 1. The first-order chi connectivity index (χ1) is 12.9. The van der Waals surface area contributed by atoms with Crippen LogP contribution in [0.15, 0.2) is 47.4 Å². The smallest absolute Gasteiger partial charge is 0.262 e. The van der Waals surface area contributed by atoms with E-state index in [9.17, 15) is 13.2 Å². The number of ether oxygens (including phenoxy) is 1. The molecule has 0 saturated carbocycles. The van der Waals surface area contributed by atoms with Crippen LogP contribution in [0, 0.1) is 13.8 Å². The summed E-state index contributed by atoms with van der Waals surface area (Å²) in [7, 11) is -3.51. The molecular weight excluding hydrogens is 364 g/mol. The summed E-state index contributed by atoms with van der Waals surface area (Å²) in [5.41, 5.74) is 2.44. The molecule has 6 nitrogen and oxygen atoms in total. The summed E-state index contributed by atoms with van der Waals surface area (Å²) in [4.78, 5) is 12.4. The molecule has 144 valence electrons. The van der Waals surface area contributed by atoms with Gasteiger partial charge >= 0.3 is 0 Å². The average molecular weight is 388 g/mol. The molecule has 1 aliphatic heterocycles. The van der Waals surface area contributed by atoms with Crippen molar-refractivity contribution in [1.29, 1.82) is 0 Å². The molecule has 1 saturated heterocycles. The first kappa shape index (κ1) is 19.4. The predicted molar refractivity (Wildman–Crippen MR) is 104 cm³/mol. The van der Waals surface area contributed by atoms with Gasteiger partial charge in [0.2, 0.25) is 10.0 Å². The summed E-state index contributed by atoms with van der Waals surface area (Å²) in [6, 6.07) is 12.1. The van der Waals surface area contributed by atoms with Crippen LogP contribution in [0.25, 0.3) is 0 Å². The molecule has 7 heteroatoms. The minimum atomic E-state index is -3.51. The van der Waals surface area contributed by atoms with Crippen LogP contribution < -0.4 is 10.1 Å². The summed E-state index contributed by atoms with van der Waals surface area (Å²) < 4.78 is 32.4. The highest BCUT2D eigenvalue weighted by molar-refractivity contribution is 7.89. The van der Waals surface area contributed by atoms with E-state index >= 15 is 0 Å². The maximum absolute atomic E-state index is 12.6. The van der Waals surface area contributed by atoms with Crippen LogP contribution in [-0.4, -0.2) is 38.3 Å². The second-order valence-electron chi connectivity index (χ2n) is 6.74. The summed E-state index contributed by atoms with van der Waals surface area (Å²) in [5.74, 6) is 0.321. The summed E-state index contributed by atoms with van der Waals surface area (Å²) in [6.07, 6.45) is 1.76. The number of carbonyl (C=O) groups excluding carboxylic acids is 1. The number of aryl methyl sites for hydroxylation is 2. The van der Waals surface area contributed by atoms with Gasteiger partial charge in [-0.15, -0.1) is 0 Å². The number of hydrogen-bond donors (Lipinski definition) is 1. The Labute approximate surface area is 160 Å². The van der Waals surface area contributed by atoms with Crippen LogP contribution in [-0.2, 0) is 14.8 Å². The normalized spacial score (nSPS) is 14.9. The highest BCUT2D eigenvalue weighted by Gasteiger charge is 2.27. The zero-order chi connectivity index (χ0) is 19.4. The maximum Gasteiger partial charge on any atom is 0.262 e. The highest BCUT2D eigenvalue weighted by Crippen LogP contribution is 2.23. The van der Waals surface area contributed by atoms with Crippen molar-refractivity contribution >= 4 is 21.6 Å². The molecule has 0 bridgehead atoms. The van der Waals surface area contributed by atoms with Crippen LogP contribution in [0.2, 0.25) is 0 Å². The zero-order valence-corrected chi connectivity index (χ0v) is 16.4. The Morgan fingerprint density at radius 1 is 1.11 bits per heavy atom. The van der Waals surface area contributed by atoms with E-state index < -0.39 is 10.0 Å². The molecule has 2 aromatic carbocycles. The van der Waals surface area contributed by atoms with Gasteiger partial charge in [0.05, 0.1) is 4.90 Å². The molecule has 0 spiro atoms. The maximum atomic E-state index is 12.6. The molecule has 1 N–H and O–H groups in total. The topological polar surface area (TPSA) is 75.7 Å². The van der Waals surface area contributed by atoms with E-state index in [1.807, 2.05) is 32.0 Å². The van der Waals surface area contributed by atoms with Gasteiger partial charge < -0.3 is 10.1 Å². The number of amides is 1. The van der Waals surface area contributed by atoms with E-state index in [1.165, 1.54) is 10.4 Å². The molecule has 0 atom stereocenters. The van der Waals surface area contributed by atoms with Crippen molar-refractivity contribution in [3.8, 4) is 5.75 Å². The van der Waals surface area contributed by atoms with Gasteiger partial charge in [-0.1, -0.05) is 18.2 Å². The lowest BCUT2D eigenvalue weighted by molar-refractivity contribution is -0.118. The van der Waals surface area contributed by atoms with Crippen molar-refractivity contribution in [3.05, 3.63) is 53.6 Å². The van der Waals surface area contributed by atoms with Crippen molar-refractivity contribution in [2.24, 2.45) is 0 Å². The fraction of sp³-hybridized carbons (Fsp3) is 0.350. The Kier molecular flexibility index (Phi) is 5.82. The molecule has 0 aliphatic carbocycles. The van der Waals surface area contributed by atoms with Gasteiger partial charge in [0, 0.05) is 18.8 Å². The lowest BCUT2D eigenvalue weighted by Crippen LogP contribution is -2.28. The van der Waals surface area contributed by atoms with Crippen molar-refractivity contribution in [2.75, 3.05) is 25.0 Å². The van der Waals surface area contributed by atoms with E-state index in [0.29, 0.717) is 24.5 Å². The highest BCUT2D eigenvalue weighted by atomic mass is 32.2. The third-order valence-electron chi connectivity index (χ3n) is 4.52. The minimum Gasteiger partial charge on any atom is -0.483 e. The molecule has 1 aliphatic rings. The van der Waals surface area contributed by atoms with Gasteiger partial charge in [-0.25, -0.2) is 8.42 Å². The summed E-state index contributed by atoms with van der Waals surface area (Å²) in [6.45, 7) is 4.82. The second-order valence-corrected chi connectivity index (χ2v) is 8.68. The molecule has 3 rings (SSSR count). The fourth-order valence-corrected chi connectivity index (χ4v) is 4.58. The standard InChI is InChI=1S/C20H24N2O4S/c1-15-8-9-16(2)19(12-15)26-14-20(23)21-17-6-5-7-18(13-17)27(24,25)22-10-3-4-11-22/h5-9,12-13H,3-4,10-11,14H2,1-2H3,(H,21,23). The Bertz CT molecular complexity index is 935. The quantitative estimate of drug-likeness (QED) is 0.825. The lowest BCUT2D eigenvalue weighted by atomic mass is 10.1. The summed E-state index contributed by atoms with van der Waals surface area (Å²) >= 11 is 0. The van der Waals surface area contributed by atoms with E-state index in [-0.39, 0.29) is 17.4 Å². The molecule has 0 radical (unpaired) electrons. The van der Waals surface area contributed by atoms with Gasteiger partial charge in [-0.3, -0.25) is 4.79 Å². The monoisotopic (exact) mass is 388 g/mol. The van der Waals surface area contributed by atoms with E-state index in [2.05, 4.69) is 5.32 Å². The first-order valence-electron chi connectivity index (χ1n) is 8.96. The molecular formula is C20H24N2O4S. The van der Waals surface area contributed by atoms with E-state index in [4.69, 9.17) is 4.74 Å². The number of rotatable bonds is 6. The van der Waals surface area contributed by atoms with E-state index in [0.717, 1.165) is 24.0 Å². The van der Waals surface area contributed by atoms with E-state index in [1.54, 1.807) is 18.2 Å². The zero-order valence-electron chi connectivity index (χ0n) is 15.6. The van der Waals surface area contributed by atoms with Gasteiger partial charge in [-0.05, 0) is 62.1 Å². The average Bonchev–Trinajstić information content (AvgIpc) is 3.18. The number of carbonyl (C=O) groups is 1. The molecule has 1 fully saturated rings. The fourth-order valence-electron chi connectivity index (χ4n) is 3.02. The van der Waals surface area contributed by atoms with Crippen LogP contribution in [0.4, 0.5) is 5.69 Å². The Balaban J connectivity index is 1.65. The Morgan fingerprint density at radius 2 is 1.85 bits per heavy atom. The summed E-state index contributed by atoms with van der Waals surface area (Å²) in [5, 5.41) is 2.70. The SMILES string of the molecule is Cc1ccc(C)c(OCC(=O)Nc2cccc(S(=O)(=O)N3CCCC3)c2)c1. The Morgan fingerprint density at radius 3 is 2.59 bits per heavy atom. The second kappa shape index (κ2) is 8.10. The molecule has 0 aromatic heterocycles. The Hall–Kier alpha value is -2.38.